The lowest BCUT2D eigenvalue weighted by Crippen LogP contribution is -2.07. The number of nitrogens with zero attached hydrogens (tertiary/aromatic N) is 2. The number of hydrogen-bond acceptors (Lipinski definition) is 3. The first kappa shape index (κ1) is 14.5. The van der Waals surface area contributed by atoms with Crippen LogP contribution in [0.1, 0.15) is 37.0 Å². The Morgan fingerprint density at radius 1 is 1.00 bits per heavy atom. The maximum Gasteiger partial charge on any atom is 0.133 e. The van der Waals surface area contributed by atoms with E-state index in [4.69, 9.17) is 0 Å². The Bertz CT molecular complexity index is 571. The monoisotopic (exact) mass is 269 g/mol. The van der Waals surface area contributed by atoms with Crippen molar-refractivity contribution in [2.45, 2.75) is 40.5 Å². The molecular weight excluding hydrogens is 246 g/mol. The molecule has 1 aromatic carbocycles. The molecule has 106 valence electrons. The van der Waals surface area contributed by atoms with Gasteiger partial charge >= 0.3 is 0 Å². The third kappa shape index (κ3) is 3.16. The van der Waals surface area contributed by atoms with Gasteiger partial charge in [0.05, 0.1) is 5.69 Å². The molecule has 2 rings (SSSR count). The predicted molar refractivity (Wildman–Crippen MR) is 85.1 cm³/mol. The highest BCUT2D eigenvalue weighted by atomic mass is 15.0. The lowest BCUT2D eigenvalue weighted by Gasteiger charge is -2.13. The minimum Gasteiger partial charge on any atom is -0.370 e. The van der Waals surface area contributed by atoms with E-state index in [0.717, 1.165) is 30.9 Å². The van der Waals surface area contributed by atoms with E-state index in [9.17, 15) is 0 Å². The second-order valence-corrected chi connectivity index (χ2v) is 5.21. The molecule has 0 unspecified atom stereocenters. The molecule has 3 nitrogen and oxygen atoms in total. The van der Waals surface area contributed by atoms with Crippen LogP contribution >= 0.6 is 0 Å². The number of aryl methyl sites for hydroxylation is 2. The molecule has 1 aromatic heterocycles. The van der Waals surface area contributed by atoms with Gasteiger partial charge in [-0.05, 0) is 38.8 Å². The van der Waals surface area contributed by atoms with E-state index in [-0.39, 0.29) is 0 Å². The molecule has 20 heavy (non-hydrogen) atoms. The topological polar surface area (TPSA) is 37.8 Å². The van der Waals surface area contributed by atoms with Crippen molar-refractivity contribution in [1.82, 2.24) is 9.97 Å². The van der Waals surface area contributed by atoms with Crippen LogP contribution < -0.4 is 5.32 Å². The van der Waals surface area contributed by atoms with Crippen LogP contribution in [0.2, 0.25) is 0 Å². The maximum atomic E-state index is 4.52. The van der Waals surface area contributed by atoms with Gasteiger partial charge in [-0.2, -0.15) is 0 Å². The van der Waals surface area contributed by atoms with Crippen LogP contribution in [0, 0.1) is 13.8 Å². The van der Waals surface area contributed by atoms with Gasteiger partial charge in [0, 0.05) is 17.7 Å². The van der Waals surface area contributed by atoms with Crippen LogP contribution in [0.4, 0.5) is 5.82 Å². The van der Waals surface area contributed by atoms with E-state index in [1.807, 2.05) is 0 Å². The summed E-state index contributed by atoms with van der Waals surface area (Å²) in [6.45, 7) is 9.50. The van der Waals surface area contributed by atoms with Gasteiger partial charge < -0.3 is 5.32 Å². The zero-order chi connectivity index (χ0) is 14.5. The van der Waals surface area contributed by atoms with Crippen LogP contribution in [0.15, 0.2) is 24.5 Å². The molecule has 2 aromatic rings. The first-order valence-electron chi connectivity index (χ1n) is 7.32. The number of nitrogens with one attached hydrogen (secondary N) is 1. The molecule has 0 saturated carbocycles. The highest BCUT2D eigenvalue weighted by Gasteiger charge is 2.11. The molecule has 0 saturated heterocycles. The Hall–Kier alpha value is -1.90. The number of hydrogen-bond donors (Lipinski definition) is 1. The summed E-state index contributed by atoms with van der Waals surface area (Å²) >= 11 is 0. The third-order valence-corrected chi connectivity index (χ3v) is 3.34. The largest absolute Gasteiger partial charge is 0.370 e. The summed E-state index contributed by atoms with van der Waals surface area (Å²) in [5.74, 6) is 0.971. The summed E-state index contributed by atoms with van der Waals surface area (Å²) in [4.78, 5) is 8.92. The average molecular weight is 269 g/mol. The van der Waals surface area contributed by atoms with Gasteiger partial charge in [-0.3, -0.25) is 0 Å². The first-order chi connectivity index (χ1) is 9.65. The normalized spacial score (nSPS) is 10.6. The van der Waals surface area contributed by atoms with Crippen LogP contribution in [-0.2, 0) is 6.42 Å². The van der Waals surface area contributed by atoms with E-state index >= 15 is 0 Å². The fraction of sp³-hybridized carbons (Fsp3) is 0.412. The van der Waals surface area contributed by atoms with E-state index < -0.39 is 0 Å². The van der Waals surface area contributed by atoms with Gasteiger partial charge in [0.25, 0.3) is 0 Å². The van der Waals surface area contributed by atoms with Gasteiger partial charge in [0.15, 0.2) is 0 Å². The van der Waals surface area contributed by atoms with E-state index in [2.05, 4.69) is 61.2 Å². The summed E-state index contributed by atoms with van der Waals surface area (Å²) in [6.07, 6.45) is 3.67. The Morgan fingerprint density at radius 3 is 2.30 bits per heavy atom. The van der Waals surface area contributed by atoms with Crippen LogP contribution in [0.3, 0.4) is 0 Å². The van der Waals surface area contributed by atoms with Gasteiger partial charge in [-0.25, -0.2) is 9.97 Å². The summed E-state index contributed by atoms with van der Waals surface area (Å²) < 4.78 is 0. The fourth-order valence-corrected chi connectivity index (χ4v) is 2.50. The van der Waals surface area contributed by atoms with Gasteiger partial charge in [0.2, 0.25) is 0 Å². The third-order valence-electron chi connectivity index (χ3n) is 3.34. The lowest BCUT2D eigenvalue weighted by atomic mass is 10.0. The molecule has 0 spiro atoms. The zero-order valence-electron chi connectivity index (χ0n) is 12.8. The summed E-state index contributed by atoms with van der Waals surface area (Å²) in [7, 11) is 0. The summed E-state index contributed by atoms with van der Waals surface area (Å²) in [5, 5.41) is 3.40. The fourth-order valence-electron chi connectivity index (χ4n) is 2.50. The minimum absolute atomic E-state index is 0.926. The van der Waals surface area contributed by atoms with E-state index in [1.54, 1.807) is 6.33 Å². The minimum atomic E-state index is 0.926. The van der Waals surface area contributed by atoms with Crippen molar-refractivity contribution < 1.29 is 0 Å². The van der Waals surface area contributed by atoms with Gasteiger partial charge in [-0.15, -0.1) is 0 Å². The molecule has 3 heteroatoms. The molecule has 0 amide bonds. The second kappa shape index (κ2) is 6.51. The van der Waals surface area contributed by atoms with Crippen LogP contribution in [0.25, 0.3) is 11.3 Å². The number of anilines is 1. The molecule has 0 bridgehead atoms. The van der Waals surface area contributed by atoms with Crippen molar-refractivity contribution in [3.05, 3.63) is 41.2 Å². The van der Waals surface area contributed by atoms with Crippen molar-refractivity contribution in [3.8, 4) is 11.3 Å². The number of benzene rings is 1. The quantitative estimate of drug-likeness (QED) is 0.886. The summed E-state index contributed by atoms with van der Waals surface area (Å²) in [5.41, 5.74) is 5.97. The van der Waals surface area contributed by atoms with E-state index in [0.29, 0.717) is 0 Å². The van der Waals surface area contributed by atoms with Gasteiger partial charge in [0.1, 0.15) is 12.1 Å². The summed E-state index contributed by atoms with van der Waals surface area (Å²) in [6, 6.07) is 6.57. The highest BCUT2D eigenvalue weighted by molar-refractivity contribution is 5.69. The second-order valence-electron chi connectivity index (χ2n) is 5.21. The van der Waals surface area contributed by atoms with Crippen molar-refractivity contribution >= 4 is 5.82 Å². The molecule has 0 fully saturated rings. The van der Waals surface area contributed by atoms with Gasteiger partial charge in [-0.1, -0.05) is 31.0 Å². The lowest BCUT2D eigenvalue weighted by molar-refractivity contribution is 0.949. The molecule has 0 radical (unpaired) electrons. The number of rotatable bonds is 5. The average Bonchev–Trinajstić information content (AvgIpc) is 2.43. The Labute approximate surface area is 121 Å². The van der Waals surface area contributed by atoms with Crippen LogP contribution in [0.5, 0.6) is 0 Å². The van der Waals surface area contributed by atoms with E-state index in [1.165, 1.54) is 22.3 Å². The highest BCUT2D eigenvalue weighted by Crippen LogP contribution is 2.27. The predicted octanol–water partition coefficient (Wildman–Crippen LogP) is 4.14. The van der Waals surface area contributed by atoms with Crippen molar-refractivity contribution in [3.63, 3.8) is 0 Å². The van der Waals surface area contributed by atoms with Crippen molar-refractivity contribution in [1.29, 1.82) is 0 Å². The Balaban J connectivity index is 2.50. The van der Waals surface area contributed by atoms with Crippen LogP contribution in [-0.4, -0.2) is 16.5 Å². The standard InChI is InChI=1S/C17H23N3/c1-5-7-18-17-15(6-2)16(19-11-20-17)14-9-12(3)8-13(4)10-14/h8-11H,5-7H2,1-4H3,(H,18,19,20). The molecule has 1 heterocycles. The smallest absolute Gasteiger partial charge is 0.133 e. The van der Waals surface area contributed by atoms with Crippen molar-refractivity contribution in [2.75, 3.05) is 11.9 Å². The Kier molecular flexibility index (Phi) is 4.72. The molecule has 0 aliphatic carbocycles. The Morgan fingerprint density at radius 2 is 1.70 bits per heavy atom. The zero-order valence-corrected chi connectivity index (χ0v) is 12.8. The molecule has 0 atom stereocenters. The molecular formula is C17H23N3. The van der Waals surface area contributed by atoms with Crippen molar-refractivity contribution in [2.24, 2.45) is 0 Å². The molecule has 0 aliphatic rings. The first-order valence-corrected chi connectivity index (χ1v) is 7.32. The molecule has 1 N–H and O–H groups in total. The number of aromatic nitrogens is 2. The molecule has 0 aliphatic heterocycles. The SMILES string of the molecule is CCCNc1ncnc(-c2cc(C)cc(C)c2)c1CC. The maximum absolute atomic E-state index is 4.52.